The van der Waals surface area contributed by atoms with Gasteiger partial charge >= 0.3 is 6.03 Å². The zero-order chi connectivity index (χ0) is 21.0. The number of imide groups is 1. The van der Waals surface area contributed by atoms with E-state index in [1.807, 2.05) is 0 Å². The predicted molar refractivity (Wildman–Crippen MR) is 106 cm³/mol. The summed E-state index contributed by atoms with van der Waals surface area (Å²) in [6.45, 7) is -0.306. The first kappa shape index (κ1) is 20.3. The summed E-state index contributed by atoms with van der Waals surface area (Å²) in [5.74, 6) is -0.779. The summed E-state index contributed by atoms with van der Waals surface area (Å²) >= 11 is 3.36. The number of methoxy groups -OCH3 is 1. The maximum Gasteiger partial charge on any atom is 0.326 e. The molecular formula is C19H15BrFN3O5. The van der Waals surface area contributed by atoms with Crippen molar-refractivity contribution < 1.29 is 28.2 Å². The Balaban J connectivity index is 1.71. The minimum absolute atomic E-state index is 0.0881. The molecule has 1 aliphatic heterocycles. The highest BCUT2D eigenvalue weighted by Crippen LogP contribution is 2.34. The van der Waals surface area contributed by atoms with E-state index in [9.17, 15) is 18.8 Å². The van der Waals surface area contributed by atoms with Gasteiger partial charge in [-0.3, -0.25) is 14.9 Å². The number of anilines is 1. The van der Waals surface area contributed by atoms with E-state index < -0.39 is 23.7 Å². The van der Waals surface area contributed by atoms with Crippen LogP contribution in [-0.2, 0) is 9.59 Å². The van der Waals surface area contributed by atoms with Crippen LogP contribution in [0.5, 0.6) is 11.5 Å². The summed E-state index contributed by atoms with van der Waals surface area (Å²) in [7, 11) is 1.43. The molecule has 1 saturated heterocycles. The van der Waals surface area contributed by atoms with Crippen LogP contribution in [0.1, 0.15) is 5.56 Å². The zero-order valence-electron chi connectivity index (χ0n) is 15.0. The fourth-order valence-corrected chi connectivity index (χ4v) is 2.88. The molecule has 3 rings (SSSR count). The quantitative estimate of drug-likeness (QED) is 0.451. The van der Waals surface area contributed by atoms with Crippen molar-refractivity contribution >= 4 is 45.5 Å². The number of benzene rings is 2. The van der Waals surface area contributed by atoms with Gasteiger partial charge in [-0.25, -0.2) is 9.18 Å². The first-order chi connectivity index (χ1) is 13.9. The number of carbonyl (C=O) groups is 3. The Hall–Kier alpha value is -3.40. The van der Waals surface area contributed by atoms with Crippen molar-refractivity contribution in [1.82, 2.24) is 10.6 Å². The minimum atomic E-state index is -0.601. The summed E-state index contributed by atoms with van der Waals surface area (Å²) in [6.07, 6.45) is 1.47. The molecule has 2 aromatic carbocycles. The van der Waals surface area contributed by atoms with E-state index in [1.165, 1.54) is 37.5 Å². The van der Waals surface area contributed by atoms with E-state index in [1.54, 1.807) is 12.1 Å². The Morgan fingerprint density at radius 3 is 2.52 bits per heavy atom. The molecule has 0 aromatic heterocycles. The molecule has 4 amide bonds. The fraction of sp³-hybridized carbons (Fsp3) is 0.105. The lowest BCUT2D eigenvalue weighted by Crippen LogP contribution is -2.22. The normalized spacial score (nSPS) is 14.4. The molecule has 0 bridgehead atoms. The number of urea groups is 1. The number of nitrogens with one attached hydrogen (secondary N) is 3. The second-order valence-electron chi connectivity index (χ2n) is 5.83. The van der Waals surface area contributed by atoms with Gasteiger partial charge in [0.2, 0.25) is 0 Å². The molecule has 1 aliphatic rings. The largest absolute Gasteiger partial charge is 0.493 e. The summed E-state index contributed by atoms with van der Waals surface area (Å²) in [6, 6.07) is 7.90. The highest BCUT2D eigenvalue weighted by Gasteiger charge is 2.23. The molecule has 0 radical (unpaired) electrons. The summed E-state index contributed by atoms with van der Waals surface area (Å²) in [5, 5.41) is 7.08. The molecule has 1 fully saturated rings. The SMILES string of the molecule is COc1cc(/C=C2/NC(=O)NC2=O)c(Br)cc1OCC(=O)Nc1ccc(F)cc1. The van der Waals surface area contributed by atoms with Crippen LogP contribution in [0.3, 0.4) is 0 Å². The number of amides is 4. The van der Waals surface area contributed by atoms with E-state index in [0.717, 1.165) is 0 Å². The van der Waals surface area contributed by atoms with Crippen LogP contribution in [0.2, 0.25) is 0 Å². The van der Waals surface area contributed by atoms with Gasteiger partial charge in [0.25, 0.3) is 11.8 Å². The lowest BCUT2D eigenvalue weighted by molar-refractivity contribution is -0.118. The van der Waals surface area contributed by atoms with Crippen molar-refractivity contribution in [2.45, 2.75) is 0 Å². The first-order valence-electron chi connectivity index (χ1n) is 8.25. The van der Waals surface area contributed by atoms with Gasteiger partial charge in [0, 0.05) is 10.2 Å². The fourth-order valence-electron chi connectivity index (χ4n) is 2.45. The number of hydrogen-bond acceptors (Lipinski definition) is 5. The number of hydrogen-bond donors (Lipinski definition) is 3. The molecule has 0 unspecified atom stereocenters. The van der Waals surface area contributed by atoms with E-state index in [2.05, 4.69) is 31.9 Å². The van der Waals surface area contributed by atoms with Gasteiger partial charge < -0.3 is 20.1 Å². The van der Waals surface area contributed by atoms with Crippen molar-refractivity contribution in [1.29, 1.82) is 0 Å². The maximum atomic E-state index is 12.9. The number of rotatable bonds is 6. The Kier molecular flexibility index (Phi) is 6.13. The van der Waals surface area contributed by atoms with E-state index in [-0.39, 0.29) is 18.1 Å². The molecule has 29 heavy (non-hydrogen) atoms. The highest BCUT2D eigenvalue weighted by atomic mass is 79.9. The van der Waals surface area contributed by atoms with Crippen LogP contribution in [-0.4, -0.2) is 31.6 Å². The molecule has 0 spiro atoms. The third-order valence-corrected chi connectivity index (χ3v) is 4.48. The molecule has 150 valence electrons. The van der Waals surface area contributed by atoms with Gasteiger partial charge in [-0.1, -0.05) is 15.9 Å². The second-order valence-corrected chi connectivity index (χ2v) is 6.69. The van der Waals surface area contributed by atoms with Gasteiger partial charge in [-0.05, 0) is 48.0 Å². The monoisotopic (exact) mass is 463 g/mol. The Morgan fingerprint density at radius 2 is 1.90 bits per heavy atom. The Bertz CT molecular complexity index is 1010. The molecule has 1 heterocycles. The third kappa shape index (κ3) is 5.11. The lowest BCUT2D eigenvalue weighted by atomic mass is 10.1. The average molecular weight is 464 g/mol. The van der Waals surface area contributed by atoms with Crippen LogP contribution in [0.15, 0.2) is 46.6 Å². The second kappa shape index (κ2) is 8.74. The first-order valence-corrected chi connectivity index (χ1v) is 9.05. The highest BCUT2D eigenvalue weighted by molar-refractivity contribution is 9.10. The van der Waals surface area contributed by atoms with Crippen molar-refractivity contribution in [3.05, 3.63) is 57.9 Å². The van der Waals surface area contributed by atoms with Crippen LogP contribution in [0, 0.1) is 5.82 Å². The molecule has 2 aromatic rings. The van der Waals surface area contributed by atoms with Crippen molar-refractivity contribution in [3.63, 3.8) is 0 Å². The number of halogens is 2. The van der Waals surface area contributed by atoms with Gasteiger partial charge in [0.15, 0.2) is 18.1 Å². The lowest BCUT2D eigenvalue weighted by Gasteiger charge is -2.13. The summed E-state index contributed by atoms with van der Waals surface area (Å²) in [4.78, 5) is 34.9. The van der Waals surface area contributed by atoms with E-state index >= 15 is 0 Å². The van der Waals surface area contributed by atoms with Crippen LogP contribution >= 0.6 is 15.9 Å². The van der Waals surface area contributed by atoms with E-state index in [4.69, 9.17) is 9.47 Å². The molecule has 3 N–H and O–H groups in total. The van der Waals surface area contributed by atoms with Gasteiger partial charge in [-0.2, -0.15) is 0 Å². The molecular weight excluding hydrogens is 449 g/mol. The maximum absolute atomic E-state index is 12.9. The zero-order valence-corrected chi connectivity index (χ0v) is 16.6. The molecule has 8 nitrogen and oxygen atoms in total. The standard InChI is InChI=1S/C19H15BrFN3O5/c1-28-15-7-10(6-14-18(26)24-19(27)23-14)13(20)8-16(15)29-9-17(25)22-12-4-2-11(21)3-5-12/h2-8H,9H2,1H3,(H,22,25)(H2,23,24,26,27)/b14-6+. The summed E-state index contributed by atoms with van der Waals surface area (Å²) in [5.41, 5.74) is 1.08. The average Bonchev–Trinajstić information content (AvgIpc) is 3.00. The van der Waals surface area contributed by atoms with Crippen molar-refractivity contribution in [2.24, 2.45) is 0 Å². The van der Waals surface area contributed by atoms with Crippen molar-refractivity contribution in [3.8, 4) is 11.5 Å². The van der Waals surface area contributed by atoms with Gasteiger partial charge in [0.05, 0.1) is 7.11 Å². The molecule has 10 heteroatoms. The minimum Gasteiger partial charge on any atom is -0.493 e. The number of carbonyl (C=O) groups excluding carboxylic acids is 3. The van der Waals surface area contributed by atoms with Crippen molar-refractivity contribution in [2.75, 3.05) is 19.0 Å². The van der Waals surface area contributed by atoms with Crippen LogP contribution in [0.4, 0.5) is 14.9 Å². The third-order valence-electron chi connectivity index (χ3n) is 3.79. The Labute approximate surface area is 173 Å². The molecule has 0 aliphatic carbocycles. The van der Waals surface area contributed by atoms with Gasteiger partial charge in [-0.15, -0.1) is 0 Å². The predicted octanol–water partition coefficient (Wildman–Crippen LogP) is 2.79. The summed E-state index contributed by atoms with van der Waals surface area (Å²) < 4.78 is 24.3. The van der Waals surface area contributed by atoms with E-state index in [0.29, 0.717) is 21.5 Å². The molecule has 0 atom stereocenters. The van der Waals surface area contributed by atoms with Crippen LogP contribution in [0.25, 0.3) is 6.08 Å². The Morgan fingerprint density at radius 1 is 1.17 bits per heavy atom. The van der Waals surface area contributed by atoms with Crippen LogP contribution < -0.4 is 25.4 Å². The number of ether oxygens (including phenoxy) is 2. The molecule has 0 saturated carbocycles. The smallest absolute Gasteiger partial charge is 0.326 e. The van der Waals surface area contributed by atoms with Gasteiger partial charge in [0.1, 0.15) is 11.5 Å². The topological polar surface area (TPSA) is 106 Å².